The van der Waals surface area contributed by atoms with Crippen LogP contribution in [0.1, 0.15) is 16.1 Å². The summed E-state index contributed by atoms with van der Waals surface area (Å²) in [6.45, 7) is 0.895. The second-order valence-corrected chi connectivity index (χ2v) is 7.96. The summed E-state index contributed by atoms with van der Waals surface area (Å²) in [6.07, 6.45) is 1.70. The second kappa shape index (κ2) is 8.66. The van der Waals surface area contributed by atoms with Gasteiger partial charge in [-0.3, -0.25) is 9.78 Å². The molecule has 0 saturated heterocycles. The van der Waals surface area contributed by atoms with Gasteiger partial charge in [0.25, 0.3) is 5.91 Å². The molecule has 0 spiro atoms. The van der Waals surface area contributed by atoms with Crippen LogP contribution in [0, 0.1) is 0 Å². The number of benzene rings is 3. The molecule has 0 saturated carbocycles. The number of hydrogen-bond donors (Lipinski definition) is 1. The monoisotopic (exact) mass is 415 g/mol. The van der Waals surface area contributed by atoms with Gasteiger partial charge in [0.15, 0.2) is 0 Å². The number of hydrogen-bond acceptors (Lipinski definition) is 3. The van der Waals surface area contributed by atoms with E-state index in [0.717, 1.165) is 34.1 Å². The fourth-order valence-electron chi connectivity index (χ4n) is 3.37. The summed E-state index contributed by atoms with van der Waals surface area (Å²) in [5.41, 5.74) is 4.31. The highest BCUT2D eigenvalue weighted by Crippen LogP contribution is 2.23. The van der Waals surface area contributed by atoms with Crippen LogP contribution in [0.3, 0.4) is 0 Å². The number of amides is 1. The minimum absolute atomic E-state index is 0.235. The Morgan fingerprint density at radius 1 is 0.900 bits per heavy atom. The Morgan fingerprint density at radius 2 is 1.60 bits per heavy atom. The molecule has 4 nitrogen and oxygen atoms in total. The van der Waals surface area contributed by atoms with Crippen molar-refractivity contribution in [1.29, 1.82) is 0 Å². The molecule has 150 valence electrons. The van der Waals surface area contributed by atoms with Gasteiger partial charge in [0, 0.05) is 29.0 Å². The molecule has 3 aromatic carbocycles. The first-order chi connectivity index (χ1) is 14.5. The largest absolute Gasteiger partial charge is 0.321 e. The van der Waals surface area contributed by atoms with Gasteiger partial charge in [-0.05, 0) is 72.4 Å². The molecule has 0 bridgehead atoms. The smallest absolute Gasteiger partial charge is 0.274 e. The van der Waals surface area contributed by atoms with Gasteiger partial charge in [-0.2, -0.15) is 0 Å². The Bertz CT molecular complexity index is 1190. The lowest BCUT2D eigenvalue weighted by atomic mass is 10.1. The lowest BCUT2D eigenvalue weighted by Gasteiger charge is -2.11. The maximum Gasteiger partial charge on any atom is 0.274 e. The number of carbonyl (C=O) groups is 1. The van der Waals surface area contributed by atoms with Crippen LogP contribution in [0.15, 0.2) is 79.0 Å². The normalized spacial score (nSPS) is 11.1. The fourth-order valence-corrected chi connectivity index (χ4v) is 3.50. The third kappa shape index (κ3) is 4.67. The molecule has 0 aliphatic rings. The summed E-state index contributed by atoms with van der Waals surface area (Å²) in [5.74, 6) is -0.235. The van der Waals surface area contributed by atoms with E-state index in [1.165, 1.54) is 5.56 Å². The van der Waals surface area contributed by atoms with Gasteiger partial charge in [0.2, 0.25) is 0 Å². The van der Waals surface area contributed by atoms with Crippen LogP contribution in [0.4, 0.5) is 5.69 Å². The molecule has 4 rings (SSSR count). The summed E-state index contributed by atoms with van der Waals surface area (Å²) in [7, 11) is 4.11. The summed E-state index contributed by atoms with van der Waals surface area (Å²) in [5, 5.41) is 5.86. The average molecular weight is 416 g/mol. The van der Waals surface area contributed by atoms with Crippen LogP contribution in [0.2, 0.25) is 5.02 Å². The van der Waals surface area contributed by atoms with Gasteiger partial charge in [0.1, 0.15) is 5.69 Å². The SMILES string of the molecule is CN(C)Cc1ccc2cc(NC(=O)c3ccc(-c4ccc(Cl)cc4)cn3)ccc2c1. The van der Waals surface area contributed by atoms with Crippen molar-refractivity contribution in [2.24, 2.45) is 0 Å². The van der Waals surface area contributed by atoms with E-state index in [9.17, 15) is 4.79 Å². The number of aromatic nitrogens is 1. The van der Waals surface area contributed by atoms with E-state index in [1.807, 2.05) is 48.5 Å². The maximum absolute atomic E-state index is 12.6. The van der Waals surface area contributed by atoms with Gasteiger partial charge in [0.05, 0.1) is 0 Å². The predicted molar refractivity (Wildman–Crippen MR) is 124 cm³/mol. The third-order valence-electron chi connectivity index (χ3n) is 4.83. The van der Waals surface area contributed by atoms with E-state index in [1.54, 1.807) is 12.3 Å². The van der Waals surface area contributed by atoms with Crippen molar-refractivity contribution in [2.75, 3.05) is 19.4 Å². The number of fused-ring (bicyclic) bond motifs is 1. The van der Waals surface area contributed by atoms with Crippen molar-refractivity contribution in [1.82, 2.24) is 9.88 Å². The molecule has 0 fully saturated rings. The Labute approximate surface area is 181 Å². The molecular weight excluding hydrogens is 394 g/mol. The van der Waals surface area contributed by atoms with Crippen LogP contribution >= 0.6 is 11.6 Å². The van der Waals surface area contributed by atoms with E-state index in [4.69, 9.17) is 11.6 Å². The topological polar surface area (TPSA) is 45.2 Å². The number of pyridine rings is 1. The Hall–Kier alpha value is -3.21. The van der Waals surface area contributed by atoms with Crippen molar-refractivity contribution < 1.29 is 4.79 Å². The van der Waals surface area contributed by atoms with Crippen LogP contribution in [-0.4, -0.2) is 29.9 Å². The lowest BCUT2D eigenvalue weighted by Crippen LogP contribution is -2.13. The molecule has 1 heterocycles. The average Bonchev–Trinajstić information content (AvgIpc) is 2.74. The minimum Gasteiger partial charge on any atom is -0.321 e. The minimum atomic E-state index is -0.235. The zero-order valence-electron chi connectivity index (χ0n) is 16.9. The predicted octanol–water partition coefficient (Wildman–Crippen LogP) is 5.87. The first-order valence-corrected chi connectivity index (χ1v) is 10.1. The van der Waals surface area contributed by atoms with Crippen molar-refractivity contribution >= 4 is 34.0 Å². The van der Waals surface area contributed by atoms with E-state index < -0.39 is 0 Å². The van der Waals surface area contributed by atoms with Gasteiger partial charge in [-0.25, -0.2) is 0 Å². The summed E-state index contributed by atoms with van der Waals surface area (Å²) in [4.78, 5) is 19.1. The Kier molecular flexibility index (Phi) is 5.79. The summed E-state index contributed by atoms with van der Waals surface area (Å²) < 4.78 is 0. The van der Waals surface area contributed by atoms with Gasteiger partial charge < -0.3 is 10.2 Å². The molecule has 4 aromatic rings. The number of anilines is 1. The number of rotatable bonds is 5. The quantitative estimate of drug-likeness (QED) is 0.443. The molecule has 0 aliphatic carbocycles. The second-order valence-electron chi connectivity index (χ2n) is 7.53. The van der Waals surface area contributed by atoms with Crippen molar-refractivity contribution in [2.45, 2.75) is 6.54 Å². The van der Waals surface area contributed by atoms with Gasteiger partial charge in [-0.15, -0.1) is 0 Å². The molecule has 5 heteroatoms. The van der Waals surface area contributed by atoms with E-state index in [-0.39, 0.29) is 5.91 Å². The van der Waals surface area contributed by atoms with Crippen molar-refractivity contribution in [3.63, 3.8) is 0 Å². The maximum atomic E-state index is 12.6. The van der Waals surface area contributed by atoms with E-state index in [2.05, 4.69) is 47.5 Å². The number of nitrogens with one attached hydrogen (secondary N) is 1. The highest BCUT2D eigenvalue weighted by molar-refractivity contribution is 6.30. The Balaban J connectivity index is 1.49. The van der Waals surface area contributed by atoms with Crippen LogP contribution in [-0.2, 0) is 6.54 Å². The van der Waals surface area contributed by atoms with Crippen LogP contribution < -0.4 is 5.32 Å². The highest BCUT2D eigenvalue weighted by atomic mass is 35.5. The molecule has 1 N–H and O–H groups in total. The standard InChI is InChI=1S/C25H22ClN3O/c1-29(2)16-17-3-4-20-14-23(11-7-19(20)13-17)28-25(30)24-12-8-21(15-27-24)18-5-9-22(26)10-6-18/h3-15H,16H2,1-2H3,(H,28,30). The van der Waals surface area contributed by atoms with Crippen LogP contribution in [0.25, 0.3) is 21.9 Å². The zero-order valence-corrected chi connectivity index (χ0v) is 17.6. The highest BCUT2D eigenvalue weighted by Gasteiger charge is 2.09. The molecule has 1 amide bonds. The summed E-state index contributed by atoms with van der Waals surface area (Å²) in [6, 6.07) is 23.5. The Morgan fingerprint density at radius 3 is 2.30 bits per heavy atom. The number of halogens is 1. The van der Waals surface area contributed by atoms with Gasteiger partial charge in [-0.1, -0.05) is 48.0 Å². The first kappa shape index (κ1) is 20.1. The fraction of sp³-hybridized carbons (Fsp3) is 0.120. The third-order valence-corrected chi connectivity index (χ3v) is 5.09. The lowest BCUT2D eigenvalue weighted by molar-refractivity contribution is 0.102. The van der Waals surface area contributed by atoms with Crippen molar-refractivity contribution in [3.05, 3.63) is 95.3 Å². The van der Waals surface area contributed by atoms with Gasteiger partial charge >= 0.3 is 0 Å². The summed E-state index contributed by atoms with van der Waals surface area (Å²) >= 11 is 5.94. The molecular formula is C25H22ClN3O. The van der Waals surface area contributed by atoms with Crippen LogP contribution in [0.5, 0.6) is 0 Å². The molecule has 0 unspecified atom stereocenters. The number of nitrogens with zero attached hydrogens (tertiary/aromatic N) is 2. The van der Waals surface area contributed by atoms with Crippen molar-refractivity contribution in [3.8, 4) is 11.1 Å². The molecule has 0 atom stereocenters. The van der Waals surface area contributed by atoms with E-state index in [0.29, 0.717) is 10.7 Å². The van der Waals surface area contributed by atoms with E-state index >= 15 is 0 Å². The molecule has 1 aromatic heterocycles. The molecule has 0 radical (unpaired) electrons. The first-order valence-electron chi connectivity index (χ1n) is 9.69. The molecule has 30 heavy (non-hydrogen) atoms. The number of carbonyl (C=O) groups excluding carboxylic acids is 1. The zero-order chi connectivity index (χ0) is 21.1. The molecule has 0 aliphatic heterocycles.